The van der Waals surface area contributed by atoms with Gasteiger partial charge >= 0.3 is 0 Å². The summed E-state index contributed by atoms with van der Waals surface area (Å²) in [6.45, 7) is 3.50. The Morgan fingerprint density at radius 2 is 1.89 bits per heavy atom. The summed E-state index contributed by atoms with van der Waals surface area (Å²) >= 11 is 1.76. The van der Waals surface area contributed by atoms with Gasteiger partial charge < -0.3 is 15.4 Å². The molecule has 2 aliphatic rings. The van der Waals surface area contributed by atoms with Gasteiger partial charge in [-0.05, 0) is 37.5 Å². The highest BCUT2D eigenvalue weighted by atomic mass is 32.1. The number of hydrogen-bond acceptors (Lipinski definition) is 5. The zero-order chi connectivity index (χ0) is 13.2. The second kappa shape index (κ2) is 5.77. The molecule has 2 saturated carbocycles. The molecule has 0 spiro atoms. The Balaban J connectivity index is 1.74. The van der Waals surface area contributed by atoms with Crippen LogP contribution in [0.1, 0.15) is 36.3 Å². The Kier molecular flexibility index (Phi) is 4.05. The summed E-state index contributed by atoms with van der Waals surface area (Å²) in [5, 5.41) is 1.16. The van der Waals surface area contributed by atoms with E-state index >= 15 is 0 Å². The van der Waals surface area contributed by atoms with Crippen molar-refractivity contribution in [1.82, 2.24) is 4.98 Å². The molecule has 3 rings (SSSR count). The molecule has 0 unspecified atom stereocenters. The van der Waals surface area contributed by atoms with Gasteiger partial charge in [-0.25, -0.2) is 4.98 Å². The van der Waals surface area contributed by atoms with Crippen molar-refractivity contribution >= 4 is 16.5 Å². The Bertz CT molecular complexity index is 412. The molecule has 0 atom stereocenters. The number of anilines is 1. The molecule has 2 aliphatic carbocycles. The van der Waals surface area contributed by atoms with Crippen LogP contribution in [0, 0.1) is 11.8 Å². The van der Waals surface area contributed by atoms with Crippen molar-refractivity contribution in [3.8, 4) is 0 Å². The van der Waals surface area contributed by atoms with Crippen LogP contribution in [0.2, 0.25) is 0 Å². The number of nitrogens with zero attached hydrogens (tertiary/aromatic N) is 2. The Morgan fingerprint density at radius 1 is 1.26 bits per heavy atom. The van der Waals surface area contributed by atoms with Crippen LogP contribution in [-0.4, -0.2) is 25.2 Å². The molecule has 4 nitrogen and oxygen atoms in total. The van der Waals surface area contributed by atoms with Gasteiger partial charge in [0, 0.05) is 31.6 Å². The summed E-state index contributed by atoms with van der Waals surface area (Å²) in [6.07, 6.45) is 5.56. The van der Waals surface area contributed by atoms with Crippen molar-refractivity contribution < 1.29 is 4.74 Å². The van der Waals surface area contributed by atoms with Crippen LogP contribution >= 0.6 is 11.3 Å². The van der Waals surface area contributed by atoms with Gasteiger partial charge in [-0.3, -0.25) is 0 Å². The molecule has 0 bridgehead atoms. The number of hydrogen-bond donors (Lipinski definition) is 1. The minimum Gasteiger partial charge on any atom is -0.378 e. The number of thiazole rings is 1. The van der Waals surface area contributed by atoms with Crippen molar-refractivity contribution in [3.05, 3.63) is 10.6 Å². The Morgan fingerprint density at radius 3 is 2.37 bits per heavy atom. The lowest BCUT2D eigenvalue weighted by Gasteiger charge is -2.21. The van der Waals surface area contributed by atoms with Crippen molar-refractivity contribution in [1.29, 1.82) is 0 Å². The number of aromatic nitrogens is 1. The third-order valence-corrected chi connectivity index (χ3v) is 5.04. The number of ether oxygens (including phenoxy) is 1. The first-order valence-electron chi connectivity index (χ1n) is 7.22. The van der Waals surface area contributed by atoms with E-state index in [1.807, 2.05) is 0 Å². The molecule has 0 aromatic carbocycles. The van der Waals surface area contributed by atoms with Gasteiger partial charge in [-0.1, -0.05) is 0 Å². The molecule has 0 aliphatic heterocycles. The summed E-state index contributed by atoms with van der Waals surface area (Å²) in [7, 11) is 1.71. The first-order chi connectivity index (χ1) is 9.30. The zero-order valence-corrected chi connectivity index (χ0v) is 12.4. The average molecular weight is 281 g/mol. The van der Waals surface area contributed by atoms with Gasteiger partial charge in [0.25, 0.3) is 0 Å². The van der Waals surface area contributed by atoms with Gasteiger partial charge in [0.1, 0.15) is 0 Å². The minimum absolute atomic E-state index is 0.567. The molecule has 0 radical (unpaired) electrons. The molecule has 1 heterocycles. The molecule has 2 fully saturated rings. The Labute approximate surface area is 119 Å². The van der Waals surface area contributed by atoms with E-state index in [2.05, 4.69) is 4.90 Å². The summed E-state index contributed by atoms with van der Waals surface area (Å²) < 4.78 is 5.22. The highest BCUT2D eigenvalue weighted by molar-refractivity contribution is 7.15. The van der Waals surface area contributed by atoms with E-state index in [1.165, 1.54) is 43.6 Å². The van der Waals surface area contributed by atoms with Crippen LogP contribution in [0.5, 0.6) is 0 Å². The van der Waals surface area contributed by atoms with E-state index in [-0.39, 0.29) is 0 Å². The van der Waals surface area contributed by atoms with Crippen molar-refractivity contribution in [2.75, 3.05) is 25.1 Å². The quantitative estimate of drug-likeness (QED) is 0.795. The monoisotopic (exact) mass is 281 g/mol. The lowest BCUT2D eigenvalue weighted by molar-refractivity contribution is 0.181. The summed E-state index contributed by atoms with van der Waals surface area (Å²) in [4.78, 5) is 8.45. The van der Waals surface area contributed by atoms with E-state index in [9.17, 15) is 0 Å². The topological polar surface area (TPSA) is 51.4 Å². The maximum Gasteiger partial charge on any atom is 0.185 e. The molecule has 0 amide bonds. The normalized spacial score (nSPS) is 18.8. The van der Waals surface area contributed by atoms with Gasteiger partial charge in [-0.15, -0.1) is 11.3 Å². The van der Waals surface area contributed by atoms with Crippen molar-refractivity contribution in [2.24, 2.45) is 17.6 Å². The fourth-order valence-corrected chi connectivity index (χ4v) is 3.33. The van der Waals surface area contributed by atoms with Gasteiger partial charge in [0.2, 0.25) is 0 Å². The Hall–Kier alpha value is -0.650. The van der Waals surface area contributed by atoms with Crippen LogP contribution in [0.15, 0.2) is 0 Å². The summed E-state index contributed by atoms with van der Waals surface area (Å²) in [5.41, 5.74) is 6.85. The molecule has 0 saturated heterocycles. The third-order valence-electron chi connectivity index (χ3n) is 3.85. The van der Waals surface area contributed by atoms with E-state index in [1.54, 1.807) is 18.4 Å². The zero-order valence-electron chi connectivity index (χ0n) is 11.6. The molecular formula is C14H23N3OS. The second-order valence-electron chi connectivity index (χ2n) is 5.80. The van der Waals surface area contributed by atoms with Crippen LogP contribution in [0.4, 0.5) is 5.13 Å². The highest BCUT2D eigenvalue weighted by Crippen LogP contribution is 2.37. The molecular weight excluding hydrogens is 258 g/mol. The van der Waals surface area contributed by atoms with E-state index in [0.29, 0.717) is 13.2 Å². The number of nitrogens with two attached hydrogens (primary N) is 1. The smallest absolute Gasteiger partial charge is 0.185 e. The summed E-state index contributed by atoms with van der Waals surface area (Å²) in [6, 6.07) is 0. The predicted molar refractivity (Wildman–Crippen MR) is 78.4 cm³/mol. The maximum absolute atomic E-state index is 5.82. The highest BCUT2D eigenvalue weighted by Gasteiger charge is 2.30. The van der Waals surface area contributed by atoms with Gasteiger partial charge in [0.05, 0.1) is 12.3 Å². The largest absolute Gasteiger partial charge is 0.378 e. The fraction of sp³-hybridized carbons (Fsp3) is 0.786. The van der Waals surface area contributed by atoms with E-state index < -0.39 is 0 Å². The standard InChI is InChI=1S/C14H23N3OS/c1-18-9-12-13(6-15)19-14(16-12)17(7-10-2-3-10)8-11-4-5-11/h10-11H,2-9,15H2,1H3. The fourth-order valence-electron chi connectivity index (χ4n) is 2.37. The molecule has 5 heteroatoms. The molecule has 2 N–H and O–H groups in total. The molecule has 106 valence electrons. The maximum atomic E-state index is 5.82. The number of rotatable bonds is 8. The average Bonchev–Trinajstić information content (AvgIpc) is 3.32. The molecule has 1 aromatic heterocycles. The predicted octanol–water partition coefficient (Wildman–Crippen LogP) is 2.37. The van der Waals surface area contributed by atoms with Crippen LogP contribution in [0.25, 0.3) is 0 Å². The minimum atomic E-state index is 0.567. The van der Waals surface area contributed by atoms with Crippen LogP contribution < -0.4 is 10.6 Å². The first-order valence-corrected chi connectivity index (χ1v) is 8.04. The first kappa shape index (κ1) is 13.3. The molecule has 19 heavy (non-hydrogen) atoms. The third kappa shape index (κ3) is 3.46. The van der Waals surface area contributed by atoms with Gasteiger partial charge in [-0.2, -0.15) is 0 Å². The van der Waals surface area contributed by atoms with Crippen LogP contribution in [-0.2, 0) is 17.9 Å². The lowest BCUT2D eigenvalue weighted by atomic mass is 10.3. The van der Waals surface area contributed by atoms with E-state index in [4.69, 9.17) is 15.5 Å². The van der Waals surface area contributed by atoms with E-state index in [0.717, 1.165) is 22.7 Å². The summed E-state index contributed by atoms with van der Waals surface area (Å²) in [5.74, 6) is 1.80. The lowest BCUT2D eigenvalue weighted by Crippen LogP contribution is -2.27. The second-order valence-corrected chi connectivity index (χ2v) is 6.86. The van der Waals surface area contributed by atoms with Crippen LogP contribution in [0.3, 0.4) is 0 Å². The van der Waals surface area contributed by atoms with Crippen molar-refractivity contribution in [2.45, 2.75) is 38.8 Å². The van der Waals surface area contributed by atoms with Crippen molar-refractivity contribution in [3.63, 3.8) is 0 Å². The number of methoxy groups -OCH3 is 1. The van der Waals surface area contributed by atoms with Gasteiger partial charge in [0.15, 0.2) is 5.13 Å². The SMILES string of the molecule is COCc1nc(N(CC2CC2)CC2CC2)sc1CN. The molecule has 1 aromatic rings.